The van der Waals surface area contributed by atoms with E-state index in [0.29, 0.717) is 32.0 Å². The third-order valence-corrected chi connectivity index (χ3v) is 4.33. The fourth-order valence-corrected chi connectivity index (χ4v) is 2.89. The van der Waals surface area contributed by atoms with Crippen LogP contribution in [0.3, 0.4) is 0 Å². The van der Waals surface area contributed by atoms with Crippen LogP contribution in [0.15, 0.2) is 36.4 Å². The Labute approximate surface area is 160 Å². The first-order chi connectivity index (χ1) is 13.2. The van der Waals surface area contributed by atoms with E-state index in [-0.39, 0.29) is 5.56 Å². The number of rotatable bonds is 4. The van der Waals surface area contributed by atoms with Gasteiger partial charge in [-0.25, -0.2) is 0 Å². The summed E-state index contributed by atoms with van der Waals surface area (Å²) in [7, 11) is 3.74. The molecule has 0 unspecified atom stereocenters. The van der Waals surface area contributed by atoms with E-state index in [9.17, 15) is 18.0 Å². The Kier molecular flexibility index (Phi) is 5.57. The first-order valence-corrected chi connectivity index (χ1v) is 8.64. The maximum absolute atomic E-state index is 12.7. The second-order valence-electron chi connectivity index (χ2n) is 6.47. The van der Waals surface area contributed by atoms with E-state index >= 15 is 0 Å². The molecule has 1 aliphatic rings. The molecule has 0 saturated carbocycles. The first kappa shape index (κ1) is 19.7. The van der Waals surface area contributed by atoms with Crippen molar-refractivity contribution in [2.24, 2.45) is 0 Å². The van der Waals surface area contributed by atoms with Crippen LogP contribution in [0.5, 0.6) is 5.75 Å². The van der Waals surface area contributed by atoms with Gasteiger partial charge >= 0.3 is 6.36 Å². The summed E-state index contributed by atoms with van der Waals surface area (Å²) in [5.74, 6) is 0.443. The van der Waals surface area contributed by atoms with Gasteiger partial charge in [-0.3, -0.25) is 4.79 Å². The predicted molar refractivity (Wildman–Crippen MR) is 97.6 cm³/mol. The minimum Gasteiger partial charge on any atom is -0.405 e. The SMILES string of the molecule is CN(C)c1ccc(N2CCN(C(=O)c3ccccc3OC(F)(F)F)CC2)nn1. The monoisotopic (exact) mass is 395 g/mol. The quantitative estimate of drug-likeness (QED) is 0.792. The topological polar surface area (TPSA) is 61.8 Å². The summed E-state index contributed by atoms with van der Waals surface area (Å²) < 4.78 is 41.7. The highest BCUT2D eigenvalue weighted by atomic mass is 19.4. The molecule has 2 heterocycles. The van der Waals surface area contributed by atoms with Crippen molar-refractivity contribution < 1.29 is 22.7 Å². The van der Waals surface area contributed by atoms with Gasteiger partial charge in [0.05, 0.1) is 5.56 Å². The number of carbonyl (C=O) groups excluding carboxylic acids is 1. The first-order valence-electron chi connectivity index (χ1n) is 8.64. The lowest BCUT2D eigenvalue weighted by molar-refractivity contribution is -0.274. The molecular weight excluding hydrogens is 375 g/mol. The minimum absolute atomic E-state index is 0.108. The number of carbonyl (C=O) groups is 1. The van der Waals surface area contributed by atoms with Gasteiger partial charge in [-0.15, -0.1) is 23.4 Å². The zero-order valence-corrected chi connectivity index (χ0v) is 15.5. The molecule has 0 N–H and O–H groups in total. The molecule has 1 aliphatic heterocycles. The zero-order chi connectivity index (χ0) is 20.3. The molecule has 1 aromatic carbocycles. The Hall–Kier alpha value is -3.04. The van der Waals surface area contributed by atoms with Crippen molar-refractivity contribution >= 4 is 17.5 Å². The summed E-state index contributed by atoms with van der Waals surface area (Å²) in [6, 6.07) is 9.08. The number of amides is 1. The maximum atomic E-state index is 12.7. The number of benzene rings is 1. The van der Waals surface area contributed by atoms with Crippen molar-refractivity contribution in [3.8, 4) is 5.75 Å². The molecule has 150 valence electrons. The Morgan fingerprint density at radius 2 is 1.71 bits per heavy atom. The lowest BCUT2D eigenvalue weighted by Gasteiger charge is -2.35. The van der Waals surface area contributed by atoms with Gasteiger partial charge in [0.2, 0.25) is 0 Å². The number of anilines is 2. The Balaban J connectivity index is 1.66. The van der Waals surface area contributed by atoms with Gasteiger partial charge in [0.15, 0.2) is 11.6 Å². The van der Waals surface area contributed by atoms with E-state index in [0.717, 1.165) is 11.9 Å². The van der Waals surface area contributed by atoms with Crippen LogP contribution in [0, 0.1) is 0 Å². The van der Waals surface area contributed by atoms with Gasteiger partial charge in [-0.05, 0) is 24.3 Å². The summed E-state index contributed by atoms with van der Waals surface area (Å²) in [6.07, 6.45) is -4.85. The molecule has 0 atom stereocenters. The van der Waals surface area contributed by atoms with Crippen LogP contribution < -0.4 is 14.5 Å². The van der Waals surface area contributed by atoms with Crippen LogP contribution in [0.25, 0.3) is 0 Å². The molecule has 1 aromatic heterocycles. The van der Waals surface area contributed by atoms with Crippen LogP contribution >= 0.6 is 0 Å². The molecule has 1 saturated heterocycles. The van der Waals surface area contributed by atoms with E-state index < -0.39 is 18.0 Å². The number of halogens is 3. The molecule has 2 aromatic rings. The van der Waals surface area contributed by atoms with Gasteiger partial charge in [0, 0.05) is 40.3 Å². The van der Waals surface area contributed by atoms with E-state index in [1.807, 2.05) is 36.0 Å². The van der Waals surface area contributed by atoms with Crippen molar-refractivity contribution in [3.05, 3.63) is 42.0 Å². The average molecular weight is 395 g/mol. The molecule has 3 rings (SSSR count). The molecular formula is C18H20F3N5O2. The molecule has 0 spiro atoms. The van der Waals surface area contributed by atoms with Gasteiger partial charge in [0.25, 0.3) is 5.91 Å². The van der Waals surface area contributed by atoms with Crippen LogP contribution in [0.1, 0.15) is 10.4 Å². The van der Waals surface area contributed by atoms with Crippen molar-refractivity contribution in [2.45, 2.75) is 6.36 Å². The number of ether oxygens (including phenoxy) is 1. The van der Waals surface area contributed by atoms with E-state index in [4.69, 9.17) is 0 Å². The number of aromatic nitrogens is 2. The number of nitrogens with zero attached hydrogens (tertiary/aromatic N) is 5. The normalized spacial score (nSPS) is 14.8. The number of alkyl halides is 3. The molecule has 0 radical (unpaired) electrons. The molecule has 0 aliphatic carbocycles. The number of piperazine rings is 1. The maximum Gasteiger partial charge on any atom is 0.573 e. The van der Waals surface area contributed by atoms with Gasteiger partial charge in [-0.1, -0.05) is 12.1 Å². The Morgan fingerprint density at radius 3 is 2.29 bits per heavy atom. The van der Waals surface area contributed by atoms with Crippen LogP contribution in [-0.4, -0.2) is 67.6 Å². The van der Waals surface area contributed by atoms with Crippen molar-refractivity contribution in [1.29, 1.82) is 0 Å². The second-order valence-corrected chi connectivity index (χ2v) is 6.47. The molecule has 1 amide bonds. The van der Waals surface area contributed by atoms with Crippen LogP contribution in [0.4, 0.5) is 24.8 Å². The van der Waals surface area contributed by atoms with Crippen molar-refractivity contribution in [1.82, 2.24) is 15.1 Å². The number of hydrogen-bond acceptors (Lipinski definition) is 6. The third-order valence-electron chi connectivity index (χ3n) is 4.33. The summed E-state index contributed by atoms with van der Waals surface area (Å²) >= 11 is 0. The fourth-order valence-electron chi connectivity index (χ4n) is 2.89. The number of hydrogen-bond donors (Lipinski definition) is 0. The lowest BCUT2D eigenvalue weighted by atomic mass is 10.1. The highest BCUT2D eigenvalue weighted by Gasteiger charge is 2.34. The second kappa shape index (κ2) is 7.91. The smallest absolute Gasteiger partial charge is 0.405 e. The zero-order valence-electron chi connectivity index (χ0n) is 15.5. The van der Waals surface area contributed by atoms with Crippen LogP contribution in [-0.2, 0) is 0 Å². The van der Waals surface area contributed by atoms with E-state index in [1.54, 1.807) is 0 Å². The minimum atomic E-state index is -4.85. The highest BCUT2D eigenvalue weighted by Crippen LogP contribution is 2.27. The summed E-state index contributed by atoms with van der Waals surface area (Å²) in [4.78, 5) is 18.0. The largest absolute Gasteiger partial charge is 0.573 e. The summed E-state index contributed by atoms with van der Waals surface area (Å²) in [6.45, 7) is 1.72. The molecule has 0 bridgehead atoms. The van der Waals surface area contributed by atoms with Crippen LogP contribution in [0.2, 0.25) is 0 Å². The lowest BCUT2D eigenvalue weighted by Crippen LogP contribution is -2.49. The average Bonchev–Trinajstić information content (AvgIpc) is 2.67. The third kappa shape index (κ3) is 4.62. The van der Waals surface area contributed by atoms with Gasteiger partial charge in [-0.2, -0.15) is 0 Å². The summed E-state index contributed by atoms with van der Waals surface area (Å²) in [5, 5.41) is 8.32. The van der Waals surface area contributed by atoms with Crippen molar-refractivity contribution in [2.75, 3.05) is 50.1 Å². The molecule has 28 heavy (non-hydrogen) atoms. The molecule has 1 fully saturated rings. The van der Waals surface area contributed by atoms with Gasteiger partial charge in [0.1, 0.15) is 5.75 Å². The predicted octanol–water partition coefficient (Wildman–Crippen LogP) is 2.40. The fraction of sp³-hybridized carbons (Fsp3) is 0.389. The Morgan fingerprint density at radius 1 is 1.04 bits per heavy atom. The highest BCUT2D eigenvalue weighted by molar-refractivity contribution is 5.97. The standard InChI is InChI=1S/C18H20F3N5O2/c1-24(2)15-7-8-16(23-22-15)25-9-11-26(12-10-25)17(27)13-5-3-4-6-14(13)28-18(19,20)21/h3-8H,9-12H2,1-2H3. The van der Waals surface area contributed by atoms with E-state index in [1.165, 1.54) is 23.1 Å². The van der Waals surface area contributed by atoms with Crippen molar-refractivity contribution in [3.63, 3.8) is 0 Å². The van der Waals surface area contributed by atoms with Gasteiger partial charge < -0.3 is 19.4 Å². The summed E-state index contributed by atoms with van der Waals surface area (Å²) in [5.41, 5.74) is -0.108. The Bertz CT molecular complexity index is 819. The number of para-hydroxylation sites is 1. The molecule has 7 nitrogen and oxygen atoms in total. The van der Waals surface area contributed by atoms with E-state index in [2.05, 4.69) is 14.9 Å². The molecule has 10 heteroatoms.